The van der Waals surface area contributed by atoms with E-state index in [2.05, 4.69) is 4.43 Å². The highest BCUT2D eigenvalue weighted by Crippen LogP contribution is 1.01. The summed E-state index contributed by atoms with van der Waals surface area (Å²) >= 11 is 0. The van der Waals surface area contributed by atoms with Gasteiger partial charge in [0.1, 0.15) is 0 Å². The average molecular weight is 74.1 g/mol. The van der Waals surface area contributed by atoms with Gasteiger partial charge in [0, 0.05) is 0 Å². The molecule has 0 heterocycles. The number of nitrogens with zero attached hydrogens (tertiary/aromatic N) is 2. The Morgan fingerprint density at radius 2 is 2.25 bits per heavy atom. The van der Waals surface area contributed by atoms with Crippen molar-refractivity contribution >= 4 is 9.56 Å². The normalized spacial score (nSPS) is 4.00. The minimum atomic E-state index is -1.04. The van der Waals surface area contributed by atoms with Gasteiger partial charge < -0.3 is 10.3 Å². The molecule has 0 aliphatic carbocycles. The monoisotopic (exact) mass is 74.0 g/mol. The van der Waals surface area contributed by atoms with E-state index in [1.165, 1.54) is 0 Å². The van der Waals surface area contributed by atoms with E-state index in [1.807, 2.05) is 0 Å². The van der Waals surface area contributed by atoms with Crippen LogP contribution < -0.4 is 4.43 Å². The maximum absolute atomic E-state index is 7.54. The number of rotatable bonds is 0. The van der Waals surface area contributed by atoms with Crippen molar-refractivity contribution in [2.45, 2.75) is 0 Å². The molecule has 0 fully saturated rings. The Morgan fingerprint density at radius 1 is 2.00 bits per heavy atom. The van der Waals surface area contributed by atoms with Crippen LogP contribution in [0.1, 0.15) is 0 Å². The Kier molecular flexibility index (Phi) is 2.23. The van der Waals surface area contributed by atoms with Crippen molar-refractivity contribution in [3.05, 3.63) is 5.53 Å². The zero-order valence-corrected chi connectivity index (χ0v) is 3.07. The SMILES string of the molecule is [N-]=[N+]=[SiH]O. The van der Waals surface area contributed by atoms with Gasteiger partial charge in [0.05, 0.1) is 0 Å². The third kappa shape index (κ3) is 1.53. The molecule has 1 N–H and O–H groups in total. The molecule has 0 bridgehead atoms. The molecule has 0 aromatic rings. The van der Waals surface area contributed by atoms with Gasteiger partial charge in [-0.2, -0.15) is 0 Å². The van der Waals surface area contributed by atoms with E-state index in [9.17, 15) is 0 Å². The van der Waals surface area contributed by atoms with E-state index in [0.717, 1.165) is 0 Å². The summed E-state index contributed by atoms with van der Waals surface area (Å²) in [5, 5.41) is 0. The van der Waals surface area contributed by atoms with E-state index < -0.39 is 9.56 Å². The highest BCUT2D eigenvalue weighted by atomic mass is 28.2. The second-order valence-electron chi connectivity index (χ2n) is 0.231. The summed E-state index contributed by atoms with van der Waals surface area (Å²) in [5.41, 5.74) is 7.29. The van der Waals surface area contributed by atoms with Crippen LogP contribution in [0.15, 0.2) is 0 Å². The fraction of sp³-hybridized carbons (Fsp3) is 0. The van der Waals surface area contributed by atoms with Crippen LogP contribution in [0, 0.1) is 0 Å². The van der Waals surface area contributed by atoms with Crippen LogP contribution in [0.4, 0.5) is 0 Å². The molecule has 4 heavy (non-hydrogen) atoms. The first-order valence-corrected chi connectivity index (χ1v) is 1.75. The lowest BCUT2D eigenvalue weighted by atomic mass is 13.3. The first-order valence-electron chi connectivity index (χ1n) is 0.716. The Morgan fingerprint density at radius 3 is 2.25 bits per heavy atom. The summed E-state index contributed by atoms with van der Waals surface area (Å²) in [7, 11) is -1.04. The van der Waals surface area contributed by atoms with E-state index in [4.69, 9.17) is 10.3 Å². The minimum absolute atomic E-state index is 1.04. The molecule has 0 rings (SSSR count). The molecule has 0 saturated heterocycles. The lowest BCUT2D eigenvalue weighted by molar-refractivity contribution is 0.614. The Labute approximate surface area is 25.5 Å². The van der Waals surface area contributed by atoms with Crippen LogP contribution in [-0.4, -0.2) is 14.4 Å². The van der Waals surface area contributed by atoms with Crippen LogP contribution >= 0.6 is 0 Å². The molecule has 0 aliphatic heterocycles. The maximum atomic E-state index is 7.54. The van der Waals surface area contributed by atoms with Crippen molar-refractivity contribution in [2.75, 3.05) is 0 Å². The Hall–Kier alpha value is -0.473. The van der Waals surface area contributed by atoms with E-state index in [-0.39, 0.29) is 0 Å². The topological polar surface area (TPSA) is 56.6 Å². The molecule has 0 saturated carbocycles. The first kappa shape index (κ1) is 3.53. The molecule has 0 aliphatic rings. The second kappa shape index (κ2) is 2.53. The molecule has 4 heteroatoms. The molecule has 0 atom stereocenters. The highest BCUT2D eigenvalue weighted by Gasteiger charge is 1.52. The predicted molar refractivity (Wildman–Crippen MR) is 14.9 cm³/mol. The Balaban J connectivity index is 3.11. The van der Waals surface area contributed by atoms with Crippen LogP contribution in [0.2, 0.25) is 0 Å². The third-order valence-electron chi connectivity index (χ3n) is 0.0516. The summed E-state index contributed by atoms with van der Waals surface area (Å²) in [6.45, 7) is 0. The quantitative estimate of drug-likeness (QED) is 0.214. The minimum Gasteiger partial charge on any atom is -0.513 e. The van der Waals surface area contributed by atoms with Gasteiger partial charge in [-0.25, -0.2) is 4.43 Å². The predicted octanol–water partition coefficient (Wildman–Crippen LogP) is -1.40. The average Bonchev–Trinajstić information content (AvgIpc) is 1.37. The van der Waals surface area contributed by atoms with Gasteiger partial charge >= 0.3 is 9.56 Å². The molecular formula is H2N2OSi. The van der Waals surface area contributed by atoms with Gasteiger partial charge in [0.25, 0.3) is 0 Å². The smallest absolute Gasteiger partial charge is 0.513 e. The molecule has 0 spiro atoms. The molecule has 22 valence electrons. The highest BCUT2D eigenvalue weighted by molar-refractivity contribution is 6.08. The van der Waals surface area contributed by atoms with Crippen LogP contribution in [0.5, 0.6) is 0 Å². The van der Waals surface area contributed by atoms with Gasteiger partial charge in [-0.1, -0.05) is 0 Å². The van der Waals surface area contributed by atoms with Crippen molar-refractivity contribution in [2.24, 2.45) is 0 Å². The van der Waals surface area contributed by atoms with Gasteiger partial charge in [-0.15, -0.1) is 0 Å². The maximum Gasteiger partial charge on any atom is 0.697 e. The standard InChI is InChI=1S/H2N2OSi/c1-2-4-3/h3-4H. The van der Waals surface area contributed by atoms with Crippen molar-refractivity contribution in [3.8, 4) is 0 Å². The molecule has 0 amide bonds. The number of hydrogen-bond donors (Lipinski definition) is 1. The second-order valence-corrected chi connectivity index (χ2v) is 0.693. The molecule has 0 aromatic carbocycles. The van der Waals surface area contributed by atoms with E-state index in [0.29, 0.717) is 0 Å². The summed E-state index contributed by atoms with van der Waals surface area (Å²) in [4.78, 5) is 7.54. The first-order chi connectivity index (χ1) is 1.91. The van der Waals surface area contributed by atoms with Crippen LogP contribution in [0.25, 0.3) is 5.53 Å². The molecule has 0 radical (unpaired) electrons. The fourth-order valence-corrected chi connectivity index (χ4v) is 0. The Bertz CT molecular complexity index is 44.0. The summed E-state index contributed by atoms with van der Waals surface area (Å²) in [5.74, 6) is 0. The van der Waals surface area contributed by atoms with Gasteiger partial charge in [0.2, 0.25) is 0 Å². The van der Waals surface area contributed by atoms with E-state index >= 15 is 0 Å². The van der Waals surface area contributed by atoms with Gasteiger partial charge in [0.15, 0.2) is 0 Å². The molecule has 0 unspecified atom stereocenters. The lowest BCUT2D eigenvalue weighted by Crippen LogP contribution is -1.66. The molecular weight excluding hydrogens is 72.1 g/mol. The van der Waals surface area contributed by atoms with Crippen LogP contribution in [0.3, 0.4) is 0 Å². The summed E-state index contributed by atoms with van der Waals surface area (Å²) in [6.07, 6.45) is 0. The summed E-state index contributed by atoms with van der Waals surface area (Å²) < 4.78 is 2.38. The zero-order valence-electron chi connectivity index (χ0n) is 1.92. The molecule has 3 nitrogen and oxygen atoms in total. The van der Waals surface area contributed by atoms with Crippen molar-refractivity contribution in [3.63, 3.8) is 0 Å². The van der Waals surface area contributed by atoms with E-state index in [1.54, 1.807) is 0 Å². The van der Waals surface area contributed by atoms with Gasteiger partial charge in [-0.3, -0.25) is 0 Å². The molecule has 0 aromatic heterocycles. The zero-order chi connectivity index (χ0) is 3.41. The van der Waals surface area contributed by atoms with Crippen molar-refractivity contribution in [1.29, 1.82) is 0 Å². The van der Waals surface area contributed by atoms with Crippen molar-refractivity contribution in [1.82, 2.24) is 4.43 Å². The van der Waals surface area contributed by atoms with Crippen molar-refractivity contribution < 1.29 is 4.80 Å². The van der Waals surface area contributed by atoms with Gasteiger partial charge in [-0.05, 0) is 0 Å². The largest absolute Gasteiger partial charge is 0.697 e. The van der Waals surface area contributed by atoms with Crippen LogP contribution in [-0.2, 0) is 0 Å². The lowest BCUT2D eigenvalue weighted by Gasteiger charge is -1.35. The summed E-state index contributed by atoms with van der Waals surface area (Å²) in [6, 6.07) is 0. The number of hydrogen-bond acceptors (Lipinski definition) is 0. The third-order valence-corrected chi connectivity index (χ3v) is 0.155. The fourth-order valence-electron chi connectivity index (χ4n) is 0.